The Labute approximate surface area is 217 Å². The Kier molecular flexibility index (Phi) is 7.50. The van der Waals surface area contributed by atoms with E-state index < -0.39 is 5.97 Å². The number of carboxylic acid groups (broad SMARTS) is 1. The van der Waals surface area contributed by atoms with Gasteiger partial charge in [0.1, 0.15) is 0 Å². The first-order chi connectivity index (χ1) is 18.2. The van der Waals surface area contributed by atoms with Crippen LogP contribution < -0.4 is 0 Å². The smallest absolute Gasteiger partial charge is 0.336 e. The van der Waals surface area contributed by atoms with E-state index >= 15 is 0 Å². The van der Waals surface area contributed by atoms with Gasteiger partial charge in [-0.3, -0.25) is 0 Å². The van der Waals surface area contributed by atoms with Crippen LogP contribution in [-0.4, -0.2) is 34.5 Å². The zero-order valence-electron chi connectivity index (χ0n) is 20.8. The minimum Gasteiger partial charge on any atom is -0.478 e. The molecule has 188 valence electrons. The van der Waals surface area contributed by atoms with E-state index in [0.717, 1.165) is 42.4 Å². The van der Waals surface area contributed by atoms with Gasteiger partial charge in [0.05, 0.1) is 5.56 Å². The third-order valence-electron chi connectivity index (χ3n) is 7.57. The fourth-order valence-electron chi connectivity index (χ4n) is 6.01. The van der Waals surface area contributed by atoms with Crippen LogP contribution in [0.1, 0.15) is 70.1 Å². The van der Waals surface area contributed by atoms with Crippen LogP contribution in [-0.2, 0) is 0 Å². The molecule has 0 heterocycles. The second-order valence-electron chi connectivity index (χ2n) is 9.67. The number of hydrogen-bond donors (Lipinski definition) is 3. The topological polar surface area (TPSA) is 77.8 Å². The fourth-order valence-corrected chi connectivity index (χ4v) is 6.01. The van der Waals surface area contributed by atoms with Crippen LogP contribution >= 0.6 is 0 Å². The van der Waals surface area contributed by atoms with E-state index in [2.05, 4.69) is 54.6 Å². The Bertz CT molecular complexity index is 1360. The Hall–Kier alpha value is -3.73. The minimum absolute atomic E-state index is 0.159. The number of aliphatic hydroxyl groups is 2. The van der Waals surface area contributed by atoms with Crippen molar-refractivity contribution in [1.82, 2.24) is 0 Å². The largest absolute Gasteiger partial charge is 0.478 e. The van der Waals surface area contributed by atoms with Crippen molar-refractivity contribution in [1.29, 1.82) is 0 Å². The lowest BCUT2D eigenvalue weighted by molar-refractivity contribution is 0.0697. The lowest BCUT2D eigenvalue weighted by atomic mass is 9.92. The Balaban J connectivity index is 0.000000153. The monoisotopic (exact) mass is 492 g/mol. The summed E-state index contributed by atoms with van der Waals surface area (Å²) in [5, 5.41) is 27.5. The van der Waals surface area contributed by atoms with Crippen LogP contribution in [0.15, 0.2) is 91.0 Å². The van der Waals surface area contributed by atoms with Crippen LogP contribution in [0, 0.1) is 0 Å². The first-order valence-corrected chi connectivity index (χ1v) is 13.0. The summed E-state index contributed by atoms with van der Waals surface area (Å²) in [7, 11) is 0. The molecule has 4 aromatic carbocycles. The molecule has 0 spiro atoms. The van der Waals surface area contributed by atoms with Gasteiger partial charge in [-0.2, -0.15) is 0 Å². The molecule has 0 saturated carbocycles. The second kappa shape index (κ2) is 11.1. The number of hydrogen-bond acceptors (Lipinski definition) is 3. The quantitative estimate of drug-likeness (QED) is 0.264. The first-order valence-electron chi connectivity index (χ1n) is 13.0. The van der Waals surface area contributed by atoms with Crippen LogP contribution in [0.3, 0.4) is 0 Å². The molecule has 0 radical (unpaired) electrons. The molecular formula is C33H32O4. The third-order valence-corrected chi connectivity index (χ3v) is 7.57. The lowest BCUT2D eigenvalue weighted by Crippen LogP contribution is -2.01. The summed E-state index contributed by atoms with van der Waals surface area (Å²) in [5.41, 5.74) is 10.0. The maximum atomic E-state index is 11.5. The Morgan fingerprint density at radius 3 is 1.51 bits per heavy atom. The van der Waals surface area contributed by atoms with Crippen molar-refractivity contribution in [2.75, 3.05) is 13.2 Å². The first kappa shape index (κ1) is 24.9. The molecule has 1 unspecified atom stereocenters. The molecule has 0 fully saturated rings. The summed E-state index contributed by atoms with van der Waals surface area (Å²) >= 11 is 0. The van der Waals surface area contributed by atoms with Crippen molar-refractivity contribution in [3.63, 3.8) is 0 Å². The Morgan fingerprint density at radius 2 is 1.00 bits per heavy atom. The van der Waals surface area contributed by atoms with Gasteiger partial charge in [-0.15, -0.1) is 0 Å². The highest BCUT2D eigenvalue weighted by molar-refractivity contribution is 5.99. The van der Waals surface area contributed by atoms with Crippen LogP contribution in [0.25, 0.3) is 22.3 Å². The van der Waals surface area contributed by atoms with Crippen LogP contribution in [0.5, 0.6) is 0 Å². The molecule has 0 aromatic heterocycles. The number of carboxylic acids is 1. The van der Waals surface area contributed by atoms with E-state index in [9.17, 15) is 9.90 Å². The number of aromatic carboxylic acids is 1. The standard InChI is InChI=1S/C17H16O3.C16H16O/c18-10-4-9-12-11-5-1-2-6-13(11)16-14(12)7-3-8-15(16)17(19)20;17-11-5-10-16-14-8-3-1-6-12(14)13-7-2-4-9-15(13)16/h1-3,5-8,12,18H,4,9-10H2,(H,19,20);1-4,6-9,16-17H,5,10-11H2. The van der Waals surface area contributed by atoms with E-state index in [1.807, 2.05) is 24.3 Å². The summed E-state index contributed by atoms with van der Waals surface area (Å²) < 4.78 is 0. The van der Waals surface area contributed by atoms with Crippen molar-refractivity contribution < 1.29 is 20.1 Å². The molecule has 2 aliphatic carbocycles. The summed E-state index contributed by atoms with van der Waals surface area (Å²) in [6.45, 7) is 0.438. The maximum Gasteiger partial charge on any atom is 0.336 e. The lowest BCUT2D eigenvalue weighted by Gasteiger charge is -2.12. The second-order valence-corrected chi connectivity index (χ2v) is 9.67. The van der Waals surface area contributed by atoms with E-state index in [-0.39, 0.29) is 19.1 Å². The summed E-state index contributed by atoms with van der Waals surface area (Å²) in [6.07, 6.45) is 3.46. The van der Waals surface area contributed by atoms with Gasteiger partial charge < -0.3 is 15.3 Å². The van der Waals surface area contributed by atoms with E-state index in [4.69, 9.17) is 10.2 Å². The maximum absolute atomic E-state index is 11.5. The predicted molar refractivity (Wildman–Crippen MR) is 147 cm³/mol. The molecule has 3 N–H and O–H groups in total. The van der Waals surface area contributed by atoms with Gasteiger partial charge in [-0.1, -0.05) is 84.9 Å². The molecule has 0 amide bonds. The molecule has 6 rings (SSSR count). The normalized spacial score (nSPS) is 14.7. The molecule has 4 heteroatoms. The molecule has 2 aliphatic rings. The molecule has 0 bridgehead atoms. The average molecular weight is 493 g/mol. The summed E-state index contributed by atoms with van der Waals surface area (Å²) in [6, 6.07) is 30.7. The predicted octanol–water partition coefficient (Wildman–Crippen LogP) is 6.84. The number of carbonyl (C=O) groups is 1. The number of benzene rings is 4. The minimum atomic E-state index is -0.889. The van der Waals surface area contributed by atoms with Crippen molar-refractivity contribution in [2.24, 2.45) is 0 Å². The zero-order chi connectivity index (χ0) is 25.8. The highest BCUT2D eigenvalue weighted by Crippen LogP contribution is 2.48. The molecule has 4 nitrogen and oxygen atoms in total. The molecule has 0 aliphatic heterocycles. The van der Waals surface area contributed by atoms with Gasteiger partial charge in [0.2, 0.25) is 0 Å². The van der Waals surface area contributed by atoms with E-state index in [1.165, 1.54) is 27.8 Å². The van der Waals surface area contributed by atoms with Gasteiger partial charge >= 0.3 is 5.97 Å². The zero-order valence-corrected chi connectivity index (χ0v) is 20.8. The molecule has 4 aromatic rings. The van der Waals surface area contributed by atoms with Crippen LogP contribution in [0.4, 0.5) is 0 Å². The SMILES string of the molecule is O=C(O)c1cccc2c1-c1ccccc1C2CCCO.OCCCC1c2ccccc2-c2ccccc21. The van der Waals surface area contributed by atoms with Crippen molar-refractivity contribution in [3.05, 3.63) is 119 Å². The molecule has 0 saturated heterocycles. The summed E-state index contributed by atoms with van der Waals surface area (Å²) in [4.78, 5) is 11.5. The van der Waals surface area contributed by atoms with Gasteiger partial charge in [-0.05, 0) is 70.7 Å². The van der Waals surface area contributed by atoms with Crippen molar-refractivity contribution in [3.8, 4) is 22.3 Å². The molecule has 37 heavy (non-hydrogen) atoms. The third kappa shape index (κ3) is 4.71. The van der Waals surface area contributed by atoms with Crippen molar-refractivity contribution in [2.45, 2.75) is 37.5 Å². The van der Waals surface area contributed by atoms with Gasteiger partial charge in [0.15, 0.2) is 0 Å². The highest BCUT2D eigenvalue weighted by atomic mass is 16.4. The van der Waals surface area contributed by atoms with Gasteiger partial charge in [-0.25, -0.2) is 4.79 Å². The Morgan fingerprint density at radius 1 is 0.568 bits per heavy atom. The van der Waals surface area contributed by atoms with E-state index in [0.29, 0.717) is 11.5 Å². The van der Waals surface area contributed by atoms with Crippen molar-refractivity contribution >= 4 is 5.97 Å². The number of rotatable bonds is 7. The summed E-state index contributed by atoms with van der Waals surface area (Å²) in [5.74, 6) is -0.235. The number of aliphatic hydroxyl groups excluding tert-OH is 2. The highest BCUT2D eigenvalue weighted by Gasteiger charge is 2.31. The van der Waals surface area contributed by atoms with Gasteiger partial charge in [0, 0.05) is 30.6 Å². The number of fused-ring (bicyclic) bond motifs is 6. The average Bonchev–Trinajstić information content (AvgIpc) is 3.43. The fraction of sp³-hybridized carbons (Fsp3) is 0.242. The molecular weight excluding hydrogens is 460 g/mol. The molecule has 1 atom stereocenters. The van der Waals surface area contributed by atoms with Gasteiger partial charge in [0.25, 0.3) is 0 Å². The van der Waals surface area contributed by atoms with Crippen LogP contribution in [0.2, 0.25) is 0 Å². The van der Waals surface area contributed by atoms with E-state index in [1.54, 1.807) is 12.1 Å².